The summed E-state index contributed by atoms with van der Waals surface area (Å²) in [7, 11) is 0. The third kappa shape index (κ3) is 2.53. The fourth-order valence-electron chi connectivity index (χ4n) is 4.16. The van der Waals surface area contributed by atoms with Crippen molar-refractivity contribution in [1.82, 2.24) is 24.5 Å². The van der Waals surface area contributed by atoms with Gasteiger partial charge in [0, 0.05) is 48.6 Å². The van der Waals surface area contributed by atoms with E-state index in [1.807, 2.05) is 23.7 Å². The van der Waals surface area contributed by atoms with Crippen molar-refractivity contribution in [2.24, 2.45) is 0 Å². The van der Waals surface area contributed by atoms with Gasteiger partial charge in [-0.2, -0.15) is 0 Å². The first kappa shape index (κ1) is 15.3. The third-order valence-electron chi connectivity index (χ3n) is 5.40. The molecule has 0 amide bonds. The standard InChI is InChI=1S/C18H19BrN6/c1-12-21-22-18-17(20-6-7-24(12)18)25-11-15-8-16(25)10-23(15)9-13-2-4-14(19)5-3-13/h2-7,15-16H,8-11H2,1H3. The minimum absolute atomic E-state index is 0.510. The summed E-state index contributed by atoms with van der Waals surface area (Å²) in [6, 6.07) is 9.74. The number of aryl methyl sites for hydroxylation is 1. The molecule has 0 N–H and O–H groups in total. The first-order valence-corrected chi connectivity index (χ1v) is 9.40. The van der Waals surface area contributed by atoms with E-state index < -0.39 is 0 Å². The molecule has 1 aromatic carbocycles. The number of nitrogens with zero attached hydrogens (tertiary/aromatic N) is 6. The van der Waals surface area contributed by atoms with Crippen molar-refractivity contribution in [3.8, 4) is 0 Å². The van der Waals surface area contributed by atoms with Crippen molar-refractivity contribution in [2.75, 3.05) is 18.0 Å². The van der Waals surface area contributed by atoms with Gasteiger partial charge >= 0.3 is 0 Å². The number of halogens is 1. The first-order chi connectivity index (χ1) is 12.2. The summed E-state index contributed by atoms with van der Waals surface area (Å²) in [6.07, 6.45) is 4.99. The maximum Gasteiger partial charge on any atom is 0.203 e. The molecule has 128 valence electrons. The molecule has 0 radical (unpaired) electrons. The zero-order chi connectivity index (χ0) is 17.0. The van der Waals surface area contributed by atoms with Gasteiger partial charge in [-0.25, -0.2) is 4.98 Å². The normalized spacial score (nSPS) is 23.0. The Balaban J connectivity index is 1.36. The smallest absolute Gasteiger partial charge is 0.203 e. The molecule has 2 aliphatic rings. The third-order valence-corrected chi connectivity index (χ3v) is 5.93. The molecule has 2 fully saturated rings. The molecular formula is C18H19BrN6. The maximum absolute atomic E-state index is 4.62. The van der Waals surface area contributed by atoms with Crippen LogP contribution in [-0.4, -0.2) is 49.7 Å². The van der Waals surface area contributed by atoms with Gasteiger partial charge in [-0.3, -0.25) is 9.30 Å². The van der Waals surface area contributed by atoms with Gasteiger partial charge in [-0.1, -0.05) is 28.1 Å². The lowest BCUT2D eigenvalue weighted by Crippen LogP contribution is -2.46. The van der Waals surface area contributed by atoms with Gasteiger partial charge in [0.2, 0.25) is 5.65 Å². The highest BCUT2D eigenvalue weighted by molar-refractivity contribution is 9.10. The number of aromatic nitrogens is 4. The summed E-state index contributed by atoms with van der Waals surface area (Å²) in [5.41, 5.74) is 2.24. The van der Waals surface area contributed by atoms with Gasteiger partial charge in [-0.05, 0) is 31.0 Å². The maximum atomic E-state index is 4.62. The average Bonchev–Trinajstić information content (AvgIpc) is 3.31. The summed E-state index contributed by atoms with van der Waals surface area (Å²) in [5.74, 6) is 1.87. The Morgan fingerprint density at radius 3 is 2.72 bits per heavy atom. The zero-order valence-electron chi connectivity index (χ0n) is 14.0. The number of benzene rings is 1. The van der Waals surface area contributed by atoms with E-state index in [4.69, 9.17) is 0 Å². The van der Waals surface area contributed by atoms with Crippen molar-refractivity contribution < 1.29 is 0 Å². The van der Waals surface area contributed by atoms with E-state index in [9.17, 15) is 0 Å². The Morgan fingerprint density at radius 1 is 1.12 bits per heavy atom. The van der Waals surface area contributed by atoms with Crippen LogP contribution in [-0.2, 0) is 6.54 Å². The summed E-state index contributed by atoms with van der Waals surface area (Å²) in [4.78, 5) is 9.64. The lowest BCUT2D eigenvalue weighted by molar-refractivity contribution is 0.230. The second-order valence-corrected chi connectivity index (χ2v) is 7.86. The van der Waals surface area contributed by atoms with E-state index in [1.165, 1.54) is 12.0 Å². The Bertz CT molecular complexity index is 921. The van der Waals surface area contributed by atoms with Crippen molar-refractivity contribution in [1.29, 1.82) is 0 Å². The number of likely N-dealkylation sites (tertiary alicyclic amines) is 1. The Hall–Kier alpha value is -1.99. The van der Waals surface area contributed by atoms with E-state index in [0.717, 1.165) is 41.4 Å². The van der Waals surface area contributed by atoms with Crippen LogP contribution in [0.4, 0.5) is 5.82 Å². The molecular weight excluding hydrogens is 380 g/mol. The lowest BCUT2D eigenvalue weighted by atomic mass is 10.2. The van der Waals surface area contributed by atoms with E-state index in [0.29, 0.717) is 12.1 Å². The molecule has 6 nitrogen and oxygen atoms in total. The predicted octanol–water partition coefficient (Wildman–Crippen LogP) is 2.66. The molecule has 0 spiro atoms. The summed E-state index contributed by atoms with van der Waals surface area (Å²) >= 11 is 3.51. The molecule has 7 heteroatoms. The molecule has 0 aliphatic carbocycles. The molecule has 2 atom stereocenters. The largest absolute Gasteiger partial charge is 0.348 e. The monoisotopic (exact) mass is 398 g/mol. The van der Waals surface area contributed by atoms with E-state index >= 15 is 0 Å². The topological polar surface area (TPSA) is 49.6 Å². The summed E-state index contributed by atoms with van der Waals surface area (Å²) in [5, 5.41) is 8.53. The van der Waals surface area contributed by atoms with Gasteiger partial charge in [0.25, 0.3) is 0 Å². The molecule has 0 saturated carbocycles. The summed E-state index contributed by atoms with van der Waals surface area (Å²) < 4.78 is 3.15. The highest BCUT2D eigenvalue weighted by Gasteiger charge is 2.44. The highest BCUT2D eigenvalue weighted by Crippen LogP contribution is 2.35. The molecule has 2 aliphatic heterocycles. The highest BCUT2D eigenvalue weighted by atomic mass is 79.9. The van der Waals surface area contributed by atoms with E-state index in [-0.39, 0.29) is 0 Å². The number of fused-ring (bicyclic) bond motifs is 3. The van der Waals surface area contributed by atoms with Crippen molar-refractivity contribution >= 4 is 27.4 Å². The number of anilines is 1. The molecule has 2 saturated heterocycles. The van der Waals surface area contributed by atoms with Gasteiger partial charge in [-0.15, -0.1) is 10.2 Å². The SMILES string of the molecule is Cc1nnc2c(N3CC4CC3CN4Cc3ccc(Br)cc3)nccn12. The average molecular weight is 399 g/mol. The van der Waals surface area contributed by atoms with Crippen LogP contribution in [0.1, 0.15) is 17.8 Å². The Morgan fingerprint density at radius 2 is 1.96 bits per heavy atom. The van der Waals surface area contributed by atoms with Crippen molar-refractivity contribution in [3.63, 3.8) is 0 Å². The fourth-order valence-corrected chi connectivity index (χ4v) is 4.42. The Labute approximate surface area is 154 Å². The molecule has 2 aromatic heterocycles. The van der Waals surface area contributed by atoms with Crippen LogP contribution < -0.4 is 4.90 Å². The van der Waals surface area contributed by atoms with E-state index in [2.05, 4.69) is 65.2 Å². The van der Waals surface area contributed by atoms with Gasteiger partial charge in [0.15, 0.2) is 5.82 Å². The molecule has 2 bridgehead atoms. The Kier molecular flexibility index (Phi) is 3.53. The zero-order valence-corrected chi connectivity index (χ0v) is 15.6. The van der Waals surface area contributed by atoms with Crippen LogP contribution in [0.3, 0.4) is 0 Å². The second-order valence-electron chi connectivity index (χ2n) is 6.94. The molecule has 2 unspecified atom stereocenters. The number of rotatable bonds is 3. The second kappa shape index (κ2) is 5.78. The van der Waals surface area contributed by atoms with Crippen LogP contribution >= 0.6 is 15.9 Å². The molecule has 3 aromatic rings. The molecule has 25 heavy (non-hydrogen) atoms. The molecule has 4 heterocycles. The number of hydrogen-bond acceptors (Lipinski definition) is 5. The summed E-state index contributed by atoms with van der Waals surface area (Å²) in [6.45, 7) is 5.08. The number of hydrogen-bond donors (Lipinski definition) is 0. The van der Waals surface area contributed by atoms with Crippen LogP contribution in [0, 0.1) is 6.92 Å². The van der Waals surface area contributed by atoms with Gasteiger partial charge in [0.05, 0.1) is 0 Å². The lowest BCUT2D eigenvalue weighted by Gasteiger charge is -2.34. The van der Waals surface area contributed by atoms with Gasteiger partial charge < -0.3 is 4.90 Å². The first-order valence-electron chi connectivity index (χ1n) is 8.60. The van der Waals surface area contributed by atoms with Gasteiger partial charge in [0.1, 0.15) is 5.82 Å². The van der Waals surface area contributed by atoms with Crippen LogP contribution in [0.2, 0.25) is 0 Å². The quantitative estimate of drug-likeness (QED) is 0.678. The number of piperazine rings is 1. The van der Waals surface area contributed by atoms with Crippen molar-refractivity contribution in [3.05, 3.63) is 52.5 Å². The van der Waals surface area contributed by atoms with Crippen LogP contribution in [0.5, 0.6) is 0 Å². The van der Waals surface area contributed by atoms with Crippen LogP contribution in [0.15, 0.2) is 41.1 Å². The van der Waals surface area contributed by atoms with E-state index in [1.54, 1.807) is 0 Å². The predicted molar refractivity (Wildman–Crippen MR) is 99.6 cm³/mol. The van der Waals surface area contributed by atoms with Crippen LogP contribution in [0.25, 0.3) is 5.65 Å². The molecule has 5 rings (SSSR count). The minimum Gasteiger partial charge on any atom is -0.348 e. The fraction of sp³-hybridized carbons (Fsp3) is 0.389. The minimum atomic E-state index is 0.510. The van der Waals surface area contributed by atoms with Crippen molar-refractivity contribution in [2.45, 2.75) is 32.0 Å².